The van der Waals surface area contributed by atoms with Gasteiger partial charge in [-0.15, -0.1) is 0 Å². The van der Waals surface area contributed by atoms with E-state index >= 15 is 0 Å². The van der Waals surface area contributed by atoms with Crippen molar-refractivity contribution in [1.29, 1.82) is 5.26 Å². The van der Waals surface area contributed by atoms with Crippen LogP contribution in [-0.4, -0.2) is 6.21 Å². The van der Waals surface area contributed by atoms with Crippen molar-refractivity contribution >= 4 is 11.9 Å². The van der Waals surface area contributed by atoms with Gasteiger partial charge in [-0.05, 0) is 41.3 Å². The van der Waals surface area contributed by atoms with Gasteiger partial charge in [-0.3, -0.25) is 4.99 Å². The smallest absolute Gasteiger partial charge is 0.0991 e. The van der Waals surface area contributed by atoms with Gasteiger partial charge in [0, 0.05) is 6.21 Å². The Morgan fingerprint density at radius 3 is 2.16 bits per heavy atom. The molecule has 19 heavy (non-hydrogen) atoms. The normalized spacial score (nSPS) is 10.8. The highest BCUT2D eigenvalue weighted by Gasteiger charge is 1.97. The molecule has 0 bridgehead atoms. The van der Waals surface area contributed by atoms with Crippen molar-refractivity contribution in [3.05, 3.63) is 65.2 Å². The van der Waals surface area contributed by atoms with Crippen molar-refractivity contribution in [1.82, 2.24) is 0 Å². The molecule has 2 rings (SSSR count). The standard InChI is InChI=1S/C17H16N2/c1-13(2)16-7-3-15(4-8-16)12-19-17-9-5-14(11-18)6-10-17/h3-10,12-13H,1-2H3. The Hall–Kier alpha value is -2.40. The molecule has 0 aromatic heterocycles. The third-order valence-electron chi connectivity index (χ3n) is 2.96. The Morgan fingerprint density at radius 1 is 1.00 bits per heavy atom. The average molecular weight is 248 g/mol. The molecule has 0 aliphatic heterocycles. The summed E-state index contributed by atoms with van der Waals surface area (Å²) in [7, 11) is 0. The van der Waals surface area contributed by atoms with E-state index in [1.165, 1.54) is 5.56 Å². The van der Waals surface area contributed by atoms with Crippen molar-refractivity contribution < 1.29 is 0 Å². The van der Waals surface area contributed by atoms with Crippen LogP contribution in [0.5, 0.6) is 0 Å². The molecule has 0 unspecified atom stereocenters. The number of nitrogens with zero attached hydrogens (tertiary/aromatic N) is 2. The van der Waals surface area contributed by atoms with Crippen molar-refractivity contribution in [2.75, 3.05) is 0 Å². The van der Waals surface area contributed by atoms with Gasteiger partial charge in [0.1, 0.15) is 0 Å². The van der Waals surface area contributed by atoms with Gasteiger partial charge < -0.3 is 0 Å². The van der Waals surface area contributed by atoms with Gasteiger partial charge in [-0.2, -0.15) is 5.26 Å². The number of hydrogen-bond acceptors (Lipinski definition) is 2. The van der Waals surface area contributed by atoms with Crippen LogP contribution in [0.2, 0.25) is 0 Å². The summed E-state index contributed by atoms with van der Waals surface area (Å²) in [5.41, 5.74) is 3.91. The second-order valence-corrected chi connectivity index (χ2v) is 4.74. The number of rotatable bonds is 3. The van der Waals surface area contributed by atoms with Gasteiger partial charge in [0.25, 0.3) is 0 Å². The Labute approximate surface area is 114 Å². The predicted octanol–water partition coefficient (Wildman–Crippen LogP) is 4.43. The number of aliphatic imine (C=N–C) groups is 1. The first-order chi connectivity index (χ1) is 9.19. The van der Waals surface area contributed by atoms with Crippen LogP contribution < -0.4 is 0 Å². The van der Waals surface area contributed by atoms with E-state index in [0.717, 1.165) is 11.3 Å². The Balaban J connectivity index is 2.11. The summed E-state index contributed by atoms with van der Waals surface area (Å²) in [4.78, 5) is 4.39. The highest BCUT2D eigenvalue weighted by Crippen LogP contribution is 2.15. The van der Waals surface area contributed by atoms with Gasteiger partial charge in [0.05, 0.1) is 17.3 Å². The minimum atomic E-state index is 0.546. The van der Waals surface area contributed by atoms with Crippen LogP contribution in [0.15, 0.2) is 53.5 Å². The summed E-state index contributed by atoms with van der Waals surface area (Å²) in [6.07, 6.45) is 1.84. The van der Waals surface area contributed by atoms with E-state index in [1.807, 2.05) is 18.3 Å². The fourth-order valence-electron chi connectivity index (χ4n) is 1.74. The molecule has 2 heteroatoms. The molecule has 0 radical (unpaired) electrons. The first-order valence-electron chi connectivity index (χ1n) is 6.33. The molecule has 2 aromatic carbocycles. The largest absolute Gasteiger partial charge is 0.256 e. The quantitative estimate of drug-likeness (QED) is 0.740. The van der Waals surface area contributed by atoms with Gasteiger partial charge in [0.15, 0.2) is 0 Å². The summed E-state index contributed by atoms with van der Waals surface area (Å²) >= 11 is 0. The Bertz CT molecular complexity index is 599. The van der Waals surface area contributed by atoms with E-state index in [0.29, 0.717) is 11.5 Å². The zero-order valence-electron chi connectivity index (χ0n) is 11.2. The number of benzene rings is 2. The Morgan fingerprint density at radius 2 is 1.63 bits per heavy atom. The van der Waals surface area contributed by atoms with Crippen molar-refractivity contribution in [2.45, 2.75) is 19.8 Å². The van der Waals surface area contributed by atoms with Crippen LogP contribution in [0.3, 0.4) is 0 Å². The lowest BCUT2D eigenvalue weighted by atomic mass is 10.0. The molecule has 0 N–H and O–H groups in total. The zero-order valence-corrected chi connectivity index (χ0v) is 11.2. The lowest BCUT2D eigenvalue weighted by Gasteiger charge is -2.04. The summed E-state index contributed by atoms with van der Waals surface area (Å²) in [5.74, 6) is 0.546. The fraction of sp³-hybridized carbons (Fsp3) is 0.176. The highest BCUT2D eigenvalue weighted by molar-refractivity contribution is 5.82. The SMILES string of the molecule is CC(C)c1ccc(C=Nc2ccc(C#N)cc2)cc1. The molecular formula is C17H16N2. The van der Waals surface area contributed by atoms with Gasteiger partial charge in [-0.1, -0.05) is 38.1 Å². The molecular weight excluding hydrogens is 232 g/mol. The monoisotopic (exact) mass is 248 g/mol. The number of nitriles is 1. The van der Waals surface area contributed by atoms with Crippen LogP contribution >= 0.6 is 0 Å². The maximum atomic E-state index is 8.72. The summed E-state index contributed by atoms with van der Waals surface area (Å²) < 4.78 is 0. The van der Waals surface area contributed by atoms with Crippen LogP contribution in [0.4, 0.5) is 5.69 Å². The number of hydrogen-bond donors (Lipinski definition) is 0. The van der Waals surface area contributed by atoms with E-state index in [-0.39, 0.29) is 0 Å². The lowest BCUT2D eigenvalue weighted by Crippen LogP contribution is -1.87. The van der Waals surface area contributed by atoms with Gasteiger partial charge in [-0.25, -0.2) is 0 Å². The van der Waals surface area contributed by atoms with Crippen molar-refractivity contribution in [3.8, 4) is 6.07 Å². The first-order valence-corrected chi connectivity index (χ1v) is 6.33. The molecule has 0 atom stereocenters. The molecule has 0 fully saturated rings. The van der Waals surface area contributed by atoms with E-state index in [1.54, 1.807) is 12.1 Å². The fourth-order valence-corrected chi connectivity index (χ4v) is 1.74. The molecule has 94 valence electrons. The summed E-state index contributed by atoms with van der Waals surface area (Å²) in [5, 5.41) is 8.72. The van der Waals surface area contributed by atoms with Gasteiger partial charge in [0.2, 0.25) is 0 Å². The molecule has 0 aliphatic carbocycles. The average Bonchev–Trinajstić information content (AvgIpc) is 2.46. The Kier molecular flexibility index (Phi) is 4.10. The van der Waals surface area contributed by atoms with Crippen LogP contribution in [0.25, 0.3) is 0 Å². The second kappa shape index (κ2) is 5.97. The molecule has 0 heterocycles. The van der Waals surface area contributed by atoms with E-state index in [9.17, 15) is 0 Å². The third-order valence-corrected chi connectivity index (χ3v) is 2.96. The molecule has 0 saturated carbocycles. The molecule has 0 aliphatic rings. The van der Waals surface area contributed by atoms with Crippen molar-refractivity contribution in [3.63, 3.8) is 0 Å². The maximum Gasteiger partial charge on any atom is 0.0991 e. The highest BCUT2D eigenvalue weighted by atomic mass is 14.7. The summed E-state index contributed by atoms with van der Waals surface area (Å²) in [6, 6.07) is 17.7. The van der Waals surface area contributed by atoms with E-state index < -0.39 is 0 Å². The lowest BCUT2D eigenvalue weighted by molar-refractivity contribution is 0.866. The third kappa shape index (κ3) is 3.53. The zero-order chi connectivity index (χ0) is 13.7. The minimum Gasteiger partial charge on any atom is -0.256 e. The van der Waals surface area contributed by atoms with E-state index in [4.69, 9.17) is 5.26 Å². The minimum absolute atomic E-state index is 0.546. The van der Waals surface area contributed by atoms with Gasteiger partial charge >= 0.3 is 0 Å². The van der Waals surface area contributed by atoms with E-state index in [2.05, 4.69) is 49.2 Å². The topological polar surface area (TPSA) is 36.1 Å². The summed E-state index contributed by atoms with van der Waals surface area (Å²) in [6.45, 7) is 4.36. The first kappa shape index (κ1) is 13.0. The molecule has 2 nitrogen and oxygen atoms in total. The molecule has 2 aromatic rings. The molecule has 0 saturated heterocycles. The van der Waals surface area contributed by atoms with Crippen LogP contribution in [-0.2, 0) is 0 Å². The van der Waals surface area contributed by atoms with Crippen LogP contribution in [0, 0.1) is 11.3 Å². The molecule has 0 amide bonds. The van der Waals surface area contributed by atoms with Crippen molar-refractivity contribution in [2.24, 2.45) is 4.99 Å². The predicted molar refractivity (Wildman–Crippen MR) is 78.9 cm³/mol. The van der Waals surface area contributed by atoms with Crippen LogP contribution in [0.1, 0.15) is 36.5 Å². The second-order valence-electron chi connectivity index (χ2n) is 4.74. The molecule has 0 spiro atoms. The maximum absolute atomic E-state index is 8.72.